The van der Waals surface area contributed by atoms with Gasteiger partial charge in [-0.25, -0.2) is 9.50 Å². The molecule has 3 rings (SSSR count). The molecule has 124 valence electrons. The number of carbonyl (C=O) groups excluding carboxylic acids is 1. The summed E-state index contributed by atoms with van der Waals surface area (Å²) in [5, 5.41) is 7.50. The zero-order chi connectivity index (χ0) is 17.1. The lowest BCUT2D eigenvalue weighted by molar-refractivity contribution is 0.0936. The molecule has 0 aliphatic carbocycles. The van der Waals surface area contributed by atoms with Gasteiger partial charge in [-0.3, -0.25) is 4.79 Å². The molecule has 0 unspecified atom stereocenters. The first-order valence-corrected chi connectivity index (χ1v) is 7.83. The Morgan fingerprint density at radius 2 is 2.04 bits per heavy atom. The fourth-order valence-corrected chi connectivity index (χ4v) is 2.54. The smallest absolute Gasteiger partial charge is 0.254 e. The zero-order valence-corrected chi connectivity index (χ0v) is 14.0. The summed E-state index contributed by atoms with van der Waals surface area (Å²) < 4.78 is 6.96. The maximum absolute atomic E-state index is 12.4. The standard InChI is InChI=1S/C18H20N4O2/c1-12(2)20-18(23)14-10-19-17-9-15(13-7-5-4-6-8-13)21-22(17)16(14)11-24-3/h4-10,12H,11H2,1-3H3,(H,20,23). The first-order chi connectivity index (χ1) is 11.6. The Kier molecular flexibility index (Phi) is 4.57. The van der Waals surface area contributed by atoms with Crippen LogP contribution >= 0.6 is 0 Å². The molecule has 1 amide bonds. The predicted molar refractivity (Wildman–Crippen MR) is 91.7 cm³/mol. The Morgan fingerprint density at radius 3 is 2.71 bits per heavy atom. The zero-order valence-electron chi connectivity index (χ0n) is 14.0. The Morgan fingerprint density at radius 1 is 1.29 bits per heavy atom. The summed E-state index contributed by atoms with van der Waals surface area (Å²) in [6.45, 7) is 4.11. The van der Waals surface area contributed by atoms with E-state index in [-0.39, 0.29) is 18.6 Å². The van der Waals surface area contributed by atoms with Crippen molar-refractivity contribution in [2.75, 3.05) is 7.11 Å². The Hall–Kier alpha value is -2.73. The van der Waals surface area contributed by atoms with Crippen LogP contribution in [0.3, 0.4) is 0 Å². The van der Waals surface area contributed by atoms with Gasteiger partial charge in [0.05, 0.1) is 23.6 Å². The molecule has 0 saturated heterocycles. The maximum atomic E-state index is 12.4. The molecule has 0 radical (unpaired) electrons. The molecule has 0 aliphatic heterocycles. The van der Waals surface area contributed by atoms with Gasteiger partial charge in [-0.15, -0.1) is 0 Å². The number of hydrogen-bond donors (Lipinski definition) is 1. The molecule has 1 aromatic carbocycles. The van der Waals surface area contributed by atoms with Crippen molar-refractivity contribution >= 4 is 11.6 Å². The van der Waals surface area contributed by atoms with Gasteiger partial charge < -0.3 is 10.1 Å². The number of nitrogens with one attached hydrogen (secondary N) is 1. The van der Waals surface area contributed by atoms with E-state index in [9.17, 15) is 4.79 Å². The third-order valence-electron chi connectivity index (χ3n) is 3.60. The van der Waals surface area contributed by atoms with E-state index in [1.54, 1.807) is 17.8 Å². The number of amides is 1. The molecular weight excluding hydrogens is 304 g/mol. The largest absolute Gasteiger partial charge is 0.378 e. The molecule has 0 bridgehead atoms. The number of carbonyl (C=O) groups is 1. The van der Waals surface area contributed by atoms with Crippen LogP contribution in [-0.2, 0) is 11.3 Å². The van der Waals surface area contributed by atoms with E-state index in [0.29, 0.717) is 16.9 Å². The summed E-state index contributed by atoms with van der Waals surface area (Å²) >= 11 is 0. The lowest BCUT2D eigenvalue weighted by Gasteiger charge is -2.12. The van der Waals surface area contributed by atoms with Crippen molar-refractivity contribution in [3.63, 3.8) is 0 Å². The third kappa shape index (κ3) is 3.14. The van der Waals surface area contributed by atoms with E-state index in [1.807, 2.05) is 50.2 Å². The van der Waals surface area contributed by atoms with Gasteiger partial charge in [-0.1, -0.05) is 30.3 Å². The predicted octanol–water partition coefficient (Wildman–Crippen LogP) is 2.68. The second kappa shape index (κ2) is 6.80. The van der Waals surface area contributed by atoms with E-state index in [1.165, 1.54) is 0 Å². The molecule has 0 saturated carbocycles. The van der Waals surface area contributed by atoms with Crippen LogP contribution in [0.25, 0.3) is 16.9 Å². The highest BCUT2D eigenvalue weighted by atomic mass is 16.5. The van der Waals surface area contributed by atoms with E-state index < -0.39 is 0 Å². The molecule has 2 heterocycles. The van der Waals surface area contributed by atoms with Crippen molar-refractivity contribution in [3.05, 3.63) is 53.9 Å². The van der Waals surface area contributed by atoms with Crippen LogP contribution < -0.4 is 5.32 Å². The van der Waals surface area contributed by atoms with Crippen molar-refractivity contribution in [2.24, 2.45) is 0 Å². The van der Waals surface area contributed by atoms with Crippen LogP contribution in [-0.4, -0.2) is 33.7 Å². The fraction of sp³-hybridized carbons (Fsp3) is 0.278. The Labute approximate surface area is 140 Å². The van der Waals surface area contributed by atoms with Crippen molar-refractivity contribution < 1.29 is 9.53 Å². The van der Waals surface area contributed by atoms with E-state index >= 15 is 0 Å². The van der Waals surface area contributed by atoms with Gasteiger partial charge in [0.1, 0.15) is 0 Å². The first kappa shape index (κ1) is 16.1. The summed E-state index contributed by atoms with van der Waals surface area (Å²) in [5.41, 5.74) is 3.65. The third-order valence-corrected chi connectivity index (χ3v) is 3.60. The highest BCUT2D eigenvalue weighted by Crippen LogP contribution is 2.21. The molecule has 24 heavy (non-hydrogen) atoms. The highest BCUT2D eigenvalue weighted by Gasteiger charge is 2.18. The minimum absolute atomic E-state index is 0.0427. The van der Waals surface area contributed by atoms with E-state index in [0.717, 1.165) is 11.3 Å². The summed E-state index contributed by atoms with van der Waals surface area (Å²) in [4.78, 5) is 16.8. The van der Waals surface area contributed by atoms with Crippen LogP contribution in [0.5, 0.6) is 0 Å². The Balaban J connectivity index is 2.11. The number of nitrogens with zero attached hydrogens (tertiary/aromatic N) is 3. The summed E-state index contributed by atoms with van der Waals surface area (Å²) in [6.07, 6.45) is 1.58. The second-order valence-electron chi connectivity index (χ2n) is 5.85. The second-order valence-corrected chi connectivity index (χ2v) is 5.85. The van der Waals surface area contributed by atoms with Crippen molar-refractivity contribution in [2.45, 2.75) is 26.5 Å². The van der Waals surface area contributed by atoms with Crippen LogP contribution in [0.15, 0.2) is 42.6 Å². The van der Waals surface area contributed by atoms with Gasteiger partial charge in [0.15, 0.2) is 5.65 Å². The molecular formula is C18H20N4O2. The molecule has 2 aromatic heterocycles. The number of benzene rings is 1. The van der Waals surface area contributed by atoms with Gasteiger partial charge in [0.2, 0.25) is 0 Å². The average molecular weight is 324 g/mol. The Bertz CT molecular complexity index is 856. The summed E-state index contributed by atoms with van der Waals surface area (Å²) in [6, 6.07) is 11.8. The lowest BCUT2D eigenvalue weighted by Crippen LogP contribution is -2.31. The first-order valence-electron chi connectivity index (χ1n) is 7.83. The number of aromatic nitrogens is 3. The number of ether oxygens (including phenoxy) is 1. The average Bonchev–Trinajstić information content (AvgIpc) is 3.00. The molecule has 0 aliphatic rings. The van der Waals surface area contributed by atoms with Crippen LogP contribution in [0.4, 0.5) is 0 Å². The topological polar surface area (TPSA) is 68.5 Å². The molecule has 0 spiro atoms. The molecule has 0 fully saturated rings. The van der Waals surface area contributed by atoms with Crippen LogP contribution in [0.2, 0.25) is 0 Å². The minimum atomic E-state index is -0.178. The lowest BCUT2D eigenvalue weighted by atomic mass is 10.2. The van der Waals surface area contributed by atoms with Crippen LogP contribution in [0.1, 0.15) is 29.9 Å². The molecule has 1 N–H and O–H groups in total. The maximum Gasteiger partial charge on any atom is 0.254 e. The summed E-state index contributed by atoms with van der Waals surface area (Å²) in [7, 11) is 1.60. The molecule has 6 nitrogen and oxygen atoms in total. The van der Waals surface area contributed by atoms with Crippen LogP contribution in [0, 0.1) is 0 Å². The van der Waals surface area contributed by atoms with E-state index in [4.69, 9.17) is 4.74 Å². The van der Waals surface area contributed by atoms with Gasteiger partial charge >= 0.3 is 0 Å². The van der Waals surface area contributed by atoms with Crippen molar-refractivity contribution in [1.29, 1.82) is 0 Å². The fourth-order valence-electron chi connectivity index (χ4n) is 2.54. The number of methoxy groups -OCH3 is 1. The minimum Gasteiger partial charge on any atom is -0.378 e. The number of rotatable bonds is 5. The van der Waals surface area contributed by atoms with E-state index in [2.05, 4.69) is 15.4 Å². The normalized spacial score (nSPS) is 11.2. The molecule has 0 atom stereocenters. The SMILES string of the molecule is COCc1c(C(=O)NC(C)C)cnc2cc(-c3ccccc3)nn12. The summed E-state index contributed by atoms with van der Waals surface area (Å²) in [5.74, 6) is -0.178. The van der Waals surface area contributed by atoms with Crippen molar-refractivity contribution in [3.8, 4) is 11.3 Å². The number of hydrogen-bond acceptors (Lipinski definition) is 4. The van der Waals surface area contributed by atoms with Gasteiger partial charge in [-0.05, 0) is 13.8 Å². The quantitative estimate of drug-likeness (QED) is 0.783. The van der Waals surface area contributed by atoms with Gasteiger partial charge in [0, 0.05) is 31.0 Å². The molecule has 3 aromatic rings. The van der Waals surface area contributed by atoms with Gasteiger partial charge in [-0.2, -0.15) is 5.10 Å². The number of fused-ring (bicyclic) bond motifs is 1. The van der Waals surface area contributed by atoms with Gasteiger partial charge in [0.25, 0.3) is 5.91 Å². The monoisotopic (exact) mass is 324 g/mol. The molecule has 6 heteroatoms. The highest BCUT2D eigenvalue weighted by molar-refractivity contribution is 5.95. The van der Waals surface area contributed by atoms with Crippen molar-refractivity contribution in [1.82, 2.24) is 19.9 Å².